The van der Waals surface area contributed by atoms with Crippen molar-refractivity contribution in [2.24, 2.45) is 0 Å². The molecule has 0 saturated heterocycles. The Balaban J connectivity index is 2.20. The Labute approximate surface area is 174 Å². The summed E-state index contributed by atoms with van der Waals surface area (Å²) in [6, 6.07) is 9.29. The van der Waals surface area contributed by atoms with E-state index in [0.29, 0.717) is 22.7 Å². The van der Waals surface area contributed by atoms with E-state index in [1.807, 2.05) is 39.0 Å². The van der Waals surface area contributed by atoms with Crippen LogP contribution in [0.3, 0.4) is 0 Å². The number of methoxy groups -OCH3 is 1. The molecule has 0 aliphatic carbocycles. The molecule has 152 valence electrons. The van der Waals surface area contributed by atoms with Crippen LogP contribution in [0.15, 0.2) is 36.5 Å². The first-order valence-electron chi connectivity index (χ1n) is 9.30. The van der Waals surface area contributed by atoms with Crippen molar-refractivity contribution < 1.29 is 14.6 Å². The van der Waals surface area contributed by atoms with Gasteiger partial charge in [0.05, 0.1) is 13.3 Å². The van der Waals surface area contributed by atoms with E-state index in [0.717, 1.165) is 22.3 Å². The second-order valence-corrected chi connectivity index (χ2v) is 8.35. The van der Waals surface area contributed by atoms with Crippen LogP contribution in [0, 0.1) is 0 Å². The first-order valence-corrected chi connectivity index (χ1v) is 9.67. The summed E-state index contributed by atoms with van der Waals surface area (Å²) in [6.45, 7) is 6.11. The lowest BCUT2D eigenvalue weighted by Gasteiger charge is -2.24. The van der Waals surface area contributed by atoms with Gasteiger partial charge in [-0.1, -0.05) is 44.5 Å². The third-order valence-electron chi connectivity index (χ3n) is 4.79. The predicted molar refractivity (Wildman–Crippen MR) is 113 cm³/mol. The van der Waals surface area contributed by atoms with Crippen molar-refractivity contribution in [3.8, 4) is 28.1 Å². The van der Waals surface area contributed by atoms with Gasteiger partial charge in [0.25, 0.3) is 0 Å². The summed E-state index contributed by atoms with van der Waals surface area (Å²) in [5.41, 5.74) is 4.27. The zero-order valence-electron chi connectivity index (χ0n) is 16.9. The number of rotatable bonds is 5. The van der Waals surface area contributed by atoms with Crippen LogP contribution in [-0.4, -0.2) is 33.6 Å². The molecule has 3 rings (SSSR count). The van der Waals surface area contributed by atoms with E-state index in [9.17, 15) is 9.90 Å². The molecule has 7 heteroatoms. The van der Waals surface area contributed by atoms with E-state index in [2.05, 4.69) is 15.4 Å². The lowest BCUT2D eigenvalue weighted by Crippen LogP contribution is -2.13. The molecule has 0 fully saturated rings. The first kappa shape index (κ1) is 20.9. The fourth-order valence-corrected chi connectivity index (χ4v) is 3.43. The van der Waals surface area contributed by atoms with Crippen molar-refractivity contribution in [2.45, 2.75) is 39.0 Å². The number of hydrogen-bond acceptors (Lipinski definition) is 5. The number of phenols is 1. The van der Waals surface area contributed by atoms with Crippen LogP contribution in [0.5, 0.6) is 5.75 Å². The van der Waals surface area contributed by atoms with E-state index in [1.165, 1.54) is 7.11 Å². The molecule has 0 atom stereocenters. The molecule has 1 heterocycles. The van der Waals surface area contributed by atoms with Crippen LogP contribution < -0.4 is 0 Å². The highest BCUT2D eigenvalue weighted by atomic mass is 35.5. The largest absolute Gasteiger partial charge is 0.507 e. The number of hydrogen-bond donors (Lipinski definition) is 2. The minimum atomic E-state index is -0.291. The number of phenolic OH excluding ortho intramolecular Hbond substituents is 1. The Hall–Kier alpha value is -2.86. The van der Waals surface area contributed by atoms with Gasteiger partial charge in [0.2, 0.25) is 0 Å². The molecule has 1 aromatic heterocycles. The summed E-state index contributed by atoms with van der Waals surface area (Å²) in [5, 5.41) is 22.4. The summed E-state index contributed by atoms with van der Waals surface area (Å²) in [5.74, 6) is -0.0712. The molecule has 3 aromatic rings. The zero-order chi connectivity index (χ0) is 21.2. The summed E-state index contributed by atoms with van der Waals surface area (Å²) in [6.07, 6.45) is 2.38. The number of aryl methyl sites for hydroxylation is 1. The Bertz CT molecular complexity index is 1020. The van der Waals surface area contributed by atoms with Crippen LogP contribution in [-0.2, 0) is 21.4 Å². The number of aromatic hydroxyl groups is 1. The Morgan fingerprint density at radius 2 is 1.93 bits per heavy atom. The smallest absolute Gasteiger partial charge is 0.305 e. The highest BCUT2D eigenvalue weighted by molar-refractivity contribution is 6.31. The predicted octanol–water partition coefficient (Wildman–Crippen LogP) is 4.90. The average Bonchev–Trinajstić information content (AvgIpc) is 3.20. The Morgan fingerprint density at radius 3 is 2.55 bits per heavy atom. The van der Waals surface area contributed by atoms with Gasteiger partial charge in [-0.05, 0) is 41.2 Å². The second kappa shape index (κ2) is 8.25. The minimum Gasteiger partial charge on any atom is -0.507 e. The van der Waals surface area contributed by atoms with Crippen LogP contribution in [0.25, 0.3) is 22.4 Å². The van der Waals surface area contributed by atoms with Gasteiger partial charge in [-0.3, -0.25) is 4.79 Å². The van der Waals surface area contributed by atoms with Crippen LogP contribution in [0.4, 0.5) is 0 Å². The number of carbonyl (C=O) groups is 1. The molecule has 29 heavy (non-hydrogen) atoms. The van der Waals surface area contributed by atoms with Crippen LogP contribution in [0.1, 0.15) is 38.3 Å². The van der Waals surface area contributed by atoms with E-state index in [1.54, 1.807) is 18.3 Å². The normalized spacial score (nSPS) is 11.5. The topological polar surface area (TPSA) is 88.1 Å². The minimum absolute atomic E-state index is 0.200. The lowest BCUT2D eigenvalue weighted by atomic mass is 9.82. The highest BCUT2D eigenvalue weighted by Crippen LogP contribution is 2.43. The number of esters is 1. The zero-order valence-corrected chi connectivity index (χ0v) is 17.7. The quantitative estimate of drug-likeness (QED) is 0.581. The summed E-state index contributed by atoms with van der Waals surface area (Å²) >= 11 is 6.22. The van der Waals surface area contributed by atoms with E-state index in [4.69, 9.17) is 16.3 Å². The molecule has 6 nitrogen and oxygen atoms in total. The van der Waals surface area contributed by atoms with Crippen molar-refractivity contribution in [3.05, 3.63) is 52.7 Å². The van der Waals surface area contributed by atoms with Gasteiger partial charge in [0.15, 0.2) is 0 Å². The fraction of sp³-hybridized carbons (Fsp3) is 0.318. The standard InChI is InChI=1S/C22H24ClN3O3/c1-22(2,3)18-10-13(5-8-20(27)29-4)9-17(21(18)28)15-7-6-14(23)11-16(15)19-12-24-26-25-19/h6-7,9-12,28H,5,8H2,1-4H3,(H,24,25,26). The molecule has 0 amide bonds. The third-order valence-corrected chi connectivity index (χ3v) is 5.02. The molecule has 0 saturated carbocycles. The first-order chi connectivity index (χ1) is 13.7. The molecule has 0 unspecified atom stereocenters. The number of carbonyl (C=O) groups excluding carboxylic acids is 1. The van der Waals surface area contributed by atoms with Gasteiger partial charge >= 0.3 is 5.97 Å². The lowest BCUT2D eigenvalue weighted by molar-refractivity contribution is -0.140. The Morgan fingerprint density at radius 1 is 1.17 bits per heavy atom. The van der Waals surface area contributed by atoms with E-state index in [-0.39, 0.29) is 23.6 Å². The summed E-state index contributed by atoms with van der Waals surface area (Å²) in [7, 11) is 1.38. The monoisotopic (exact) mass is 413 g/mol. The second-order valence-electron chi connectivity index (χ2n) is 7.91. The number of aromatic amines is 1. The van der Waals surface area contributed by atoms with Crippen molar-refractivity contribution in [3.63, 3.8) is 0 Å². The third kappa shape index (κ3) is 4.59. The number of aromatic nitrogens is 3. The number of halogens is 1. The number of H-pyrrole nitrogens is 1. The Kier molecular flexibility index (Phi) is 5.94. The number of ether oxygens (including phenoxy) is 1. The maximum Gasteiger partial charge on any atom is 0.305 e. The van der Waals surface area contributed by atoms with Crippen molar-refractivity contribution in [2.75, 3.05) is 7.11 Å². The van der Waals surface area contributed by atoms with Crippen LogP contribution in [0.2, 0.25) is 5.02 Å². The number of benzene rings is 2. The maximum atomic E-state index is 11.6. The summed E-state index contributed by atoms with van der Waals surface area (Å²) < 4.78 is 4.77. The van der Waals surface area contributed by atoms with Crippen molar-refractivity contribution >= 4 is 17.6 Å². The molecule has 0 bridgehead atoms. The molecular formula is C22H24ClN3O3. The number of nitrogens with one attached hydrogen (secondary N) is 1. The van der Waals surface area contributed by atoms with Gasteiger partial charge in [-0.15, -0.1) is 0 Å². The van der Waals surface area contributed by atoms with Gasteiger partial charge in [-0.2, -0.15) is 15.4 Å². The molecule has 0 spiro atoms. The van der Waals surface area contributed by atoms with Gasteiger partial charge in [0, 0.05) is 28.1 Å². The van der Waals surface area contributed by atoms with E-state index < -0.39 is 0 Å². The van der Waals surface area contributed by atoms with Crippen LogP contribution >= 0.6 is 11.6 Å². The molecule has 2 N–H and O–H groups in total. The van der Waals surface area contributed by atoms with Gasteiger partial charge < -0.3 is 9.84 Å². The van der Waals surface area contributed by atoms with Gasteiger partial charge in [0.1, 0.15) is 11.4 Å². The fourth-order valence-electron chi connectivity index (χ4n) is 3.26. The van der Waals surface area contributed by atoms with Gasteiger partial charge in [-0.25, -0.2) is 0 Å². The average molecular weight is 414 g/mol. The van der Waals surface area contributed by atoms with E-state index >= 15 is 0 Å². The van der Waals surface area contributed by atoms with Crippen molar-refractivity contribution in [1.29, 1.82) is 0 Å². The molecule has 0 aliphatic heterocycles. The maximum absolute atomic E-state index is 11.6. The SMILES string of the molecule is COC(=O)CCc1cc(-c2ccc(Cl)cc2-c2cn[nH]n2)c(O)c(C(C)(C)C)c1. The number of nitrogens with zero attached hydrogens (tertiary/aromatic N) is 2. The highest BCUT2D eigenvalue weighted by Gasteiger charge is 2.24. The molecule has 0 radical (unpaired) electrons. The summed E-state index contributed by atoms with van der Waals surface area (Å²) in [4.78, 5) is 11.6. The molecule has 0 aliphatic rings. The van der Waals surface area contributed by atoms with Crippen molar-refractivity contribution in [1.82, 2.24) is 15.4 Å². The molecule has 2 aromatic carbocycles. The molecular weight excluding hydrogens is 390 g/mol.